The number of hydrogen-bond donors (Lipinski definition) is 1. The van der Waals surface area contributed by atoms with Gasteiger partial charge in [0, 0.05) is 22.9 Å². The summed E-state index contributed by atoms with van der Waals surface area (Å²) >= 11 is 8.15. The lowest BCUT2D eigenvalue weighted by molar-refractivity contribution is -0.144. The van der Waals surface area contributed by atoms with Crippen LogP contribution in [0, 0.1) is 5.92 Å². The zero-order valence-corrected chi connectivity index (χ0v) is 19.7. The van der Waals surface area contributed by atoms with Gasteiger partial charge in [-0.15, -0.1) is 0 Å². The van der Waals surface area contributed by atoms with Gasteiger partial charge in [-0.2, -0.15) is 11.8 Å². The minimum Gasteiger partial charge on any atom is -0.467 e. The Morgan fingerprint density at radius 3 is 2.44 bits per heavy atom. The summed E-state index contributed by atoms with van der Waals surface area (Å²) in [6.45, 7) is 0. The fourth-order valence-electron chi connectivity index (χ4n) is 3.69. The number of carbonyl (C=O) groups excluding carboxylic acids is 2. The topological polar surface area (TPSA) is 77.0 Å². The third kappa shape index (κ3) is 6.26. The van der Waals surface area contributed by atoms with Gasteiger partial charge in [-0.3, -0.25) is 4.79 Å². The number of benzene rings is 2. The predicted octanol–water partition coefficient (Wildman–Crippen LogP) is 4.35. The molecule has 0 spiro atoms. The summed E-state index contributed by atoms with van der Waals surface area (Å²) in [5.41, 5.74) is 3.12. The van der Waals surface area contributed by atoms with Crippen molar-refractivity contribution in [3.05, 3.63) is 59.1 Å². The second kappa shape index (κ2) is 11.9. The zero-order chi connectivity index (χ0) is 22.9. The number of ether oxygens (including phenoxy) is 1. The van der Waals surface area contributed by atoms with E-state index in [0.29, 0.717) is 17.2 Å². The van der Waals surface area contributed by atoms with Crippen LogP contribution in [0.5, 0.6) is 0 Å². The number of nitrogens with one attached hydrogen (secondary N) is 1. The highest BCUT2D eigenvalue weighted by molar-refractivity contribution is 7.99. The second-order valence-electron chi connectivity index (χ2n) is 7.48. The van der Waals surface area contributed by atoms with Gasteiger partial charge >= 0.3 is 5.97 Å². The Balaban J connectivity index is 1.73. The Hall–Kier alpha value is -2.51. The van der Waals surface area contributed by atoms with Crippen molar-refractivity contribution in [2.45, 2.75) is 25.3 Å². The van der Waals surface area contributed by atoms with Crippen molar-refractivity contribution in [3.8, 4) is 11.1 Å². The van der Waals surface area contributed by atoms with Crippen molar-refractivity contribution in [1.29, 1.82) is 0 Å². The van der Waals surface area contributed by atoms with E-state index in [1.165, 1.54) is 14.2 Å². The molecule has 1 aliphatic heterocycles. The summed E-state index contributed by atoms with van der Waals surface area (Å²) in [6, 6.07) is 14.5. The number of carbonyl (C=O) groups is 2. The van der Waals surface area contributed by atoms with Crippen LogP contribution in [0.2, 0.25) is 5.02 Å². The number of oxime groups is 1. The molecule has 6 nitrogen and oxygen atoms in total. The van der Waals surface area contributed by atoms with Crippen molar-refractivity contribution in [1.82, 2.24) is 5.32 Å². The minimum atomic E-state index is -0.835. The van der Waals surface area contributed by atoms with E-state index < -0.39 is 17.9 Å². The van der Waals surface area contributed by atoms with Crippen LogP contribution in [0.1, 0.15) is 18.4 Å². The Morgan fingerprint density at radius 2 is 1.81 bits per heavy atom. The molecule has 0 radical (unpaired) electrons. The van der Waals surface area contributed by atoms with Crippen LogP contribution in [0.3, 0.4) is 0 Å². The molecule has 32 heavy (non-hydrogen) atoms. The van der Waals surface area contributed by atoms with Crippen LogP contribution in [0.4, 0.5) is 0 Å². The largest absolute Gasteiger partial charge is 0.467 e. The van der Waals surface area contributed by atoms with Gasteiger partial charge in [-0.05, 0) is 41.5 Å². The Morgan fingerprint density at radius 1 is 1.12 bits per heavy atom. The lowest BCUT2D eigenvalue weighted by atomic mass is 9.95. The quantitative estimate of drug-likeness (QED) is 0.349. The molecular formula is C24H27ClN2O4S. The molecule has 8 heteroatoms. The highest BCUT2D eigenvalue weighted by atomic mass is 35.5. The highest BCUT2D eigenvalue weighted by Gasteiger charge is 2.30. The molecule has 0 unspecified atom stereocenters. The van der Waals surface area contributed by atoms with Gasteiger partial charge < -0.3 is 14.9 Å². The number of halogens is 1. The van der Waals surface area contributed by atoms with E-state index in [2.05, 4.69) is 10.5 Å². The van der Waals surface area contributed by atoms with E-state index >= 15 is 0 Å². The summed E-state index contributed by atoms with van der Waals surface area (Å²) in [5.74, 6) is 1.05. The monoisotopic (exact) mass is 474 g/mol. The normalized spacial score (nSPS) is 15.7. The summed E-state index contributed by atoms with van der Waals surface area (Å²) in [5, 5.41) is 7.45. The number of methoxy groups -OCH3 is 1. The summed E-state index contributed by atoms with van der Waals surface area (Å²) in [7, 11) is 2.73. The predicted molar refractivity (Wildman–Crippen MR) is 129 cm³/mol. The van der Waals surface area contributed by atoms with Gasteiger partial charge in [0.15, 0.2) is 0 Å². The van der Waals surface area contributed by atoms with Crippen molar-refractivity contribution < 1.29 is 19.2 Å². The van der Waals surface area contributed by atoms with E-state index in [1.807, 2.05) is 60.3 Å². The molecule has 0 saturated carbocycles. The van der Waals surface area contributed by atoms with Crippen LogP contribution in [0.25, 0.3) is 11.1 Å². The van der Waals surface area contributed by atoms with E-state index in [1.54, 1.807) is 0 Å². The maximum absolute atomic E-state index is 13.0. The number of esters is 1. The third-order valence-corrected chi connectivity index (χ3v) is 6.78. The van der Waals surface area contributed by atoms with Gasteiger partial charge in [0.1, 0.15) is 18.9 Å². The van der Waals surface area contributed by atoms with Crippen molar-refractivity contribution in [2.24, 2.45) is 11.1 Å². The fraction of sp³-hybridized carbons (Fsp3) is 0.375. The first-order valence-corrected chi connectivity index (χ1v) is 12.0. The van der Waals surface area contributed by atoms with Crippen LogP contribution in [-0.4, -0.2) is 49.4 Å². The zero-order valence-electron chi connectivity index (χ0n) is 18.2. The molecule has 1 fully saturated rings. The Kier molecular flexibility index (Phi) is 9.00. The first-order valence-electron chi connectivity index (χ1n) is 10.4. The molecule has 1 amide bonds. The smallest absolute Gasteiger partial charge is 0.328 e. The SMILES string of the molecule is CON=C(C(=O)N[C@@H](Cc1ccc(-c2ccccc2Cl)cc1)C(=O)OC)C1CCSCC1. The van der Waals surface area contributed by atoms with E-state index in [4.69, 9.17) is 21.2 Å². The molecule has 1 heterocycles. The molecule has 1 aliphatic rings. The average Bonchev–Trinajstić information content (AvgIpc) is 2.83. The molecule has 2 aromatic carbocycles. The van der Waals surface area contributed by atoms with Crippen molar-refractivity contribution in [2.75, 3.05) is 25.7 Å². The molecule has 1 N–H and O–H groups in total. The third-order valence-electron chi connectivity index (χ3n) is 5.40. The fourth-order valence-corrected chi connectivity index (χ4v) is 5.04. The molecule has 1 saturated heterocycles. The maximum atomic E-state index is 13.0. The molecule has 2 aromatic rings. The minimum absolute atomic E-state index is 0.0180. The molecule has 3 rings (SSSR count). The number of amides is 1. The summed E-state index contributed by atoms with van der Waals surface area (Å²) in [6.07, 6.45) is 2.00. The summed E-state index contributed by atoms with van der Waals surface area (Å²) < 4.78 is 4.93. The highest BCUT2D eigenvalue weighted by Crippen LogP contribution is 2.28. The van der Waals surface area contributed by atoms with Gasteiger partial charge in [-0.1, -0.05) is 59.2 Å². The van der Waals surface area contributed by atoms with Gasteiger partial charge in [0.2, 0.25) is 0 Å². The molecular weight excluding hydrogens is 448 g/mol. The van der Waals surface area contributed by atoms with Gasteiger partial charge in [0.25, 0.3) is 5.91 Å². The second-order valence-corrected chi connectivity index (χ2v) is 9.11. The van der Waals surface area contributed by atoms with Crippen LogP contribution < -0.4 is 5.32 Å². The first-order chi connectivity index (χ1) is 15.5. The van der Waals surface area contributed by atoms with Crippen molar-refractivity contribution in [3.63, 3.8) is 0 Å². The molecule has 1 atom stereocenters. The van der Waals surface area contributed by atoms with Gasteiger partial charge in [0.05, 0.1) is 7.11 Å². The molecule has 0 aromatic heterocycles. The van der Waals surface area contributed by atoms with Crippen LogP contribution in [-0.2, 0) is 25.6 Å². The summed E-state index contributed by atoms with van der Waals surface area (Å²) in [4.78, 5) is 30.3. The standard InChI is InChI=1S/C24H27ClN2O4S/c1-30-24(29)21(26-23(28)22(27-31-2)18-11-13-32-14-12-18)15-16-7-9-17(10-8-16)19-5-3-4-6-20(19)25/h3-10,18,21H,11-15H2,1-2H3,(H,26,28)/t21-/m0/s1. The molecule has 0 bridgehead atoms. The Labute approximate surface area is 197 Å². The Bertz CT molecular complexity index is 959. The lowest BCUT2D eigenvalue weighted by Crippen LogP contribution is -2.47. The maximum Gasteiger partial charge on any atom is 0.328 e. The molecule has 0 aliphatic carbocycles. The molecule has 170 valence electrons. The van der Waals surface area contributed by atoms with Crippen LogP contribution in [0.15, 0.2) is 53.7 Å². The van der Waals surface area contributed by atoms with E-state index in [0.717, 1.165) is 41.0 Å². The lowest BCUT2D eigenvalue weighted by Gasteiger charge is -2.23. The number of rotatable bonds is 8. The van der Waals surface area contributed by atoms with E-state index in [9.17, 15) is 9.59 Å². The average molecular weight is 475 g/mol. The van der Waals surface area contributed by atoms with E-state index in [-0.39, 0.29) is 5.92 Å². The van der Waals surface area contributed by atoms with Gasteiger partial charge in [-0.25, -0.2) is 4.79 Å². The first kappa shape index (κ1) is 24.1. The number of hydrogen-bond acceptors (Lipinski definition) is 6. The number of nitrogens with zero attached hydrogens (tertiary/aromatic N) is 1. The van der Waals surface area contributed by atoms with Crippen LogP contribution >= 0.6 is 23.4 Å². The number of thioether (sulfide) groups is 1. The van der Waals surface area contributed by atoms with Crippen molar-refractivity contribution >= 4 is 41.0 Å².